The summed E-state index contributed by atoms with van der Waals surface area (Å²) in [5.74, 6) is -0.0574. The van der Waals surface area contributed by atoms with Gasteiger partial charge in [0, 0.05) is 61.5 Å². The van der Waals surface area contributed by atoms with Crippen LogP contribution in [-0.2, 0) is 20.4 Å². The number of likely N-dealkylation sites (tertiary alicyclic amines) is 1. The lowest BCUT2D eigenvalue weighted by Gasteiger charge is -2.42. The van der Waals surface area contributed by atoms with E-state index in [0.29, 0.717) is 36.2 Å². The van der Waals surface area contributed by atoms with Crippen molar-refractivity contribution in [2.24, 2.45) is 0 Å². The Morgan fingerprint density at radius 1 is 0.957 bits per heavy atom. The first-order valence-corrected chi connectivity index (χ1v) is 17.7. The number of halogens is 1. The molecule has 3 aliphatic heterocycles. The van der Waals surface area contributed by atoms with Crippen molar-refractivity contribution in [3.8, 4) is 11.5 Å². The molecule has 13 heteroatoms. The Hall–Kier alpha value is -3.84. The molecule has 3 aromatic carbocycles. The van der Waals surface area contributed by atoms with E-state index in [2.05, 4.69) is 22.2 Å². The highest BCUT2D eigenvalue weighted by Gasteiger charge is 2.58. The maximum atomic E-state index is 15.0. The maximum absolute atomic E-state index is 15.0. The van der Waals surface area contributed by atoms with E-state index in [-0.39, 0.29) is 27.8 Å². The lowest BCUT2D eigenvalue weighted by Crippen LogP contribution is -2.59. The summed E-state index contributed by atoms with van der Waals surface area (Å²) in [5.41, 5.74) is -1.32. The van der Waals surface area contributed by atoms with Crippen molar-refractivity contribution >= 4 is 39.2 Å². The second kappa shape index (κ2) is 13.3. The zero-order valence-electron chi connectivity index (χ0n) is 26.8. The largest absolute Gasteiger partial charge is 0.497 e. The van der Waals surface area contributed by atoms with Gasteiger partial charge in [-0.3, -0.25) is 9.69 Å². The van der Waals surface area contributed by atoms with Crippen LogP contribution in [0.25, 0.3) is 0 Å². The van der Waals surface area contributed by atoms with Gasteiger partial charge >= 0.3 is 6.03 Å². The molecule has 3 aliphatic rings. The molecule has 11 nitrogen and oxygen atoms in total. The Bertz CT molecular complexity index is 1740. The second-order valence-corrected chi connectivity index (χ2v) is 14.3. The third-order valence-corrected chi connectivity index (χ3v) is 11.3. The Balaban J connectivity index is 1.41. The molecule has 3 aromatic rings. The standard InChI is InChI=1S/C34H40ClN5O6S/c1-4-46-31-8-6-5-7-28(31)34(36-33(42)39-17-15-25(16-18-39)38-21-19-37(2)20-22-38)29-23-24(35)9-14-30(29)40(32(34)41)47(43,44)27-12-10-26(45-3)11-13-27/h5-14,23,25H,4,15-22H2,1-3H3,(H,36,42). The van der Waals surface area contributed by atoms with Crippen LogP contribution >= 0.6 is 11.6 Å². The molecule has 0 aliphatic carbocycles. The smallest absolute Gasteiger partial charge is 0.318 e. The number of piperidine rings is 1. The number of anilines is 1. The fourth-order valence-corrected chi connectivity index (χ4v) is 8.46. The van der Waals surface area contributed by atoms with Crippen molar-refractivity contribution in [1.82, 2.24) is 20.0 Å². The normalized spacial score (nSPS) is 21.1. The third kappa shape index (κ3) is 6.03. The van der Waals surface area contributed by atoms with E-state index < -0.39 is 27.5 Å². The molecule has 6 rings (SSSR count). The van der Waals surface area contributed by atoms with Gasteiger partial charge in [0.15, 0.2) is 5.54 Å². The van der Waals surface area contributed by atoms with Gasteiger partial charge < -0.3 is 24.6 Å². The first kappa shape index (κ1) is 33.1. The number of methoxy groups -OCH3 is 1. The molecule has 2 fully saturated rings. The van der Waals surface area contributed by atoms with Crippen molar-refractivity contribution in [2.75, 3.05) is 64.3 Å². The second-order valence-electron chi connectivity index (χ2n) is 12.1. The summed E-state index contributed by atoms with van der Waals surface area (Å²) in [6.45, 7) is 7.11. The third-order valence-electron chi connectivity index (χ3n) is 9.38. The van der Waals surface area contributed by atoms with Gasteiger partial charge in [-0.25, -0.2) is 13.2 Å². The highest BCUT2D eigenvalue weighted by Crippen LogP contribution is 2.50. The van der Waals surface area contributed by atoms with Crippen LogP contribution in [0.4, 0.5) is 10.5 Å². The van der Waals surface area contributed by atoms with Crippen molar-refractivity contribution in [3.05, 3.63) is 82.9 Å². The average Bonchev–Trinajstić information content (AvgIpc) is 3.33. The van der Waals surface area contributed by atoms with Crippen molar-refractivity contribution in [1.29, 1.82) is 0 Å². The zero-order chi connectivity index (χ0) is 33.3. The van der Waals surface area contributed by atoms with Crippen LogP contribution in [0.5, 0.6) is 11.5 Å². The van der Waals surface area contributed by atoms with Gasteiger partial charge in [0.1, 0.15) is 11.5 Å². The van der Waals surface area contributed by atoms with Crippen molar-refractivity contribution < 1.29 is 27.5 Å². The summed E-state index contributed by atoms with van der Waals surface area (Å²) in [7, 11) is -0.848. The van der Waals surface area contributed by atoms with Gasteiger partial charge in [-0.05, 0) is 75.3 Å². The summed E-state index contributed by atoms with van der Waals surface area (Å²) in [6.07, 6.45) is 1.60. The fraction of sp³-hybridized carbons (Fsp3) is 0.412. The van der Waals surface area contributed by atoms with Crippen LogP contribution in [-0.4, -0.2) is 101 Å². The van der Waals surface area contributed by atoms with Crippen molar-refractivity contribution in [3.63, 3.8) is 0 Å². The number of fused-ring (bicyclic) bond motifs is 1. The molecule has 47 heavy (non-hydrogen) atoms. The first-order valence-electron chi connectivity index (χ1n) is 15.9. The minimum Gasteiger partial charge on any atom is -0.497 e. The SMILES string of the molecule is CCOc1ccccc1C1(NC(=O)N2CCC(N3CCN(C)CC3)CC2)C(=O)N(S(=O)(=O)c2ccc(OC)cc2)c2ccc(Cl)cc21. The number of likely N-dealkylation sites (N-methyl/N-ethyl adjacent to an activating group) is 1. The summed E-state index contributed by atoms with van der Waals surface area (Å²) >= 11 is 6.53. The lowest BCUT2D eigenvalue weighted by atomic mass is 9.83. The van der Waals surface area contributed by atoms with Crippen LogP contribution in [0.15, 0.2) is 71.6 Å². The Kier molecular flexibility index (Phi) is 9.39. The number of rotatable bonds is 8. The number of sulfonamides is 1. The van der Waals surface area contributed by atoms with Crippen LogP contribution in [0.2, 0.25) is 5.02 Å². The summed E-state index contributed by atoms with van der Waals surface area (Å²) in [4.78, 5) is 35.6. The molecular weight excluding hydrogens is 642 g/mol. The Labute approximate surface area is 281 Å². The van der Waals surface area contributed by atoms with E-state index in [1.165, 1.54) is 43.5 Å². The molecule has 250 valence electrons. The van der Waals surface area contributed by atoms with Gasteiger partial charge in [0.2, 0.25) is 0 Å². The number of carbonyl (C=O) groups is 2. The van der Waals surface area contributed by atoms with Crippen LogP contribution in [0, 0.1) is 0 Å². The number of carbonyl (C=O) groups excluding carboxylic acids is 2. The van der Waals surface area contributed by atoms with Crippen LogP contribution in [0.1, 0.15) is 30.9 Å². The van der Waals surface area contributed by atoms with Gasteiger partial charge in [-0.15, -0.1) is 0 Å². The van der Waals surface area contributed by atoms with E-state index in [1.807, 2.05) is 6.92 Å². The van der Waals surface area contributed by atoms with Crippen LogP contribution < -0.4 is 19.1 Å². The van der Waals surface area contributed by atoms with Gasteiger partial charge in [-0.1, -0.05) is 29.8 Å². The molecule has 0 saturated carbocycles. The molecule has 3 heterocycles. The number of benzene rings is 3. The molecule has 0 spiro atoms. The number of hydrogen-bond donors (Lipinski definition) is 1. The fourth-order valence-electron chi connectivity index (χ4n) is 6.82. The zero-order valence-corrected chi connectivity index (χ0v) is 28.4. The lowest BCUT2D eigenvalue weighted by molar-refractivity contribution is -0.121. The number of amides is 3. The summed E-state index contributed by atoms with van der Waals surface area (Å²) in [6, 6.07) is 17.1. The average molecular weight is 682 g/mol. The summed E-state index contributed by atoms with van der Waals surface area (Å²) < 4.78 is 40.5. The predicted octanol–water partition coefficient (Wildman–Crippen LogP) is 4.15. The number of nitrogens with one attached hydrogen (secondary N) is 1. The predicted molar refractivity (Wildman–Crippen MR) is 180 cm³/mol. The van der Waals surface area contributed by atoms with Gasteiger partial charge in [-0.2, -0.15) is 4.31 Å². The van der Waals surface area contributed by atoms with Gasteiger partial charge in [0.05, 0.1) is 24.3 Å². The van der Waals surface area contributed by atoms with E-state index in [4.69, 9.17) is 21.1 Å². The van der Waals surface area contributed by atoms with E-state index in [0.717, 1.165) is 43.3 Å². The van der Waals surface area contributed by atoms with E-state index in [9.17, 15) is 18.0 Å². The Morgan fingerprint density at radius 3 is 2.30 bits per heavy atom. The molecule has 3 amide bonds. The highest BCUT2D eigenvalue weighted by molar-refractivity contribution is 7.93. The number of para-hydroxylation sites is 1. The molecule has 1 N–H and O–H groups in total. The number of ether oxygens (including phenoxy) is 2. The van der Waals surface area contributed by atoms with E-state index in [1.54, 1.807) is 35.2 Å². The molecule has 2 saturated heterocycles. The topological polar surface area (TPSA) is 112 Å². The number of hydrogen-bond acceptors (Lipinski definition) is 8. The molecule has 0 bridgehead atoms. The highest BCUT2D eigenvalue weighted by atomic mass is 35.5. The number of piperazine rings is 1. The van der Waals surface area contributed by atoms with E-state index >= 15 is 0 Å². The molecule has 1 unspecified atom stereocenters. The number of urea groups is 1. The minimum atomic E-state index is -4.46. The van der Waals surface area contributed by atoms with Crippen molar-refractivity contribution in [2.45, 2.75) is 36.2 Å². The maximum Gasteiger partial charge on any atom is 0.318 e. The molecule has 0 radical (unpaired) electrons. The molecule has 0 aromatic heterocycles. The quantitative estimate of drug-likeness (QED) is 0.378. The van der Waals surface area contributed by atoms with Gasteiger partial charge in [0.25, 0.3) is 15.9 Å². The molecule has 1 atom stereocenters. The minimum absolute atomic E-state index is 0.0931. The Morgan fingerprint density at radius 2 is 1.64 bits per heavy atom. The first-order chi connectivity index (χ1) is 22.6. The summed E-state index contributed by atoms with van der Waals surface area (Å²) in [5, 5.41) is 3.31. The van der Waals surface area contributed by atoms with Crippen LogP contribution in [0.3, 0.4) is 0 Å². The number of nitrogens with zero attached hydrogens (tertiary/aromatic N) is 4. The monoisotopic (exact) mass is 681 g/mol. The molecular formula is C34H40ClN5O6S.